The summed E-state index contributed by atoms with van der Waals surface area (Å²) < 4.78 is 6.75. The fraction of sp³-hybridized carbons (Fsp3) is 0.278. The van der Waals surface area contributed by atoms with Gasteiger partial charge in [0.25, 0.3) is 11.5 Å². The standard InChI is InChI=1S/C18H20N2O5/c1-4-20-9-14(5-6-15(20)21)19-18(24)13-7-11(2)17(12(3)8-13)25-10-16(22)23/h5-9H,4,10H2,1-3H3,(H,19,24)(H,22,23). The average Bonchev–Trinajstić information content (AvgIpc) is 2.55. The van der Waals surface area contributed by atoms with Crippen molar-refractivity contribution < 1.29 is 19.4 Å². The van der Waals surface area contributed by atoms with Crippen molar-refractivity contribution in [2.45, 2.75) is 27.3 Å². The van der Waals surface area contributed by atoms with Gasteiger partial charge in [-0.25, -0.2) is 4.79 Å². The summed E-state index contributed by atoms with van der Waals surface area (Å²) in [6, 6.07) is 6.22. The lowest BCUT2D eigenvalue weighted by molar-refractivity contribution is -0.139. The van der Waals surface area contributed by atoms with Crippen LogP contribution in [0.15, 0.2) is 35.3 Å². The van der Waals surface area contributed by atoms with Crippen molar-refractivity contribution in [2.24, 2.45) is 0 Å². The largest absolute Gasteiger partial charge is 0.481 e. The number of aliphatic carboxylic acids is 1. The summed E-state index contributed by atoms with van der Waals surface area (Å²) >= 11 is 0. The van der Waals surface area contributed by atoms with E-state index in [0.29, 0.717) is 34.7 Å². The number of carboxylic acid groups (broad SMARTS) is 1. The molecule has 0 aliphatic carbocycles. The first kappa shape index (κ1) is 18.3. The Morgan fingerprint density at radius 3 is 2.40 bits per heavy atom. The number of nitrogens with one attached hydrogen (secondary N) is 1. The van der Waals surface area contributed by atoms with Gasteiger partial charge in [-0.05, 0) is 50.1 Å². The molecular weight excluding hydrogens is 324 g/mol. The molecule has 0 saturated carbocycles. The number of ether oxygens (including phenoxy) is 1. The van der Waals surface area contributed by atoms with Crippen molar-refractivity contribution in [3.05, 3.63) is 57.5 Å². The van der Waals surface area contributed by atoms with Crippen LogP contribution in [0.5, 0.6) is 5.75 Å². The molecule has 25 heavy (non-hydrogen) atoms. The molecule has 1 aromatic heterocycles. The summed E-state index contributed by atoms with van der Waals surface area (Å²) in [6.07, 6.45) is 1.59. The highest BCUT2D eigenvalue weighted by molar-refractivity contribution is 6.04. The number of benzene rings is 1. The molecule has 2 N–H and O–H groups in total. The van der Waals surface area contributed by atoms with Crippen molar-refractivity contribution in [3.63, 3.8) is 0 Å². The van der Waals surface area contributed by atoms with Gasteiger partial charge in [-0.1, -0.05) is 0 Å². The highest BCUT2D eigenvalue weighted by Gasteiger charge is 2.13. The molecule has 0 atom stereocenters. The summed E-state index contributed by atoms with van der Waals surface area (Å²) in [5.74, 6) is -0.928. The lowest BCUT2D eigenvalue weighted by atomic mass is 10.0. The SMILES string of the molecule is CCn1cc(NC(=O)c2cc(C)c(OCC(=O)O)c(C)c2)ccc1=O. The number of hydrogen-bond acceptors (Lipinski definition) is 4. The van der Waals surface area contributed by atoms with Crippen LogP contribution < -0.4 is 15.6 Å². The van der Waals surface area contributed by atoms with Gasteiger partial charge in [-0.15, -0.1) is 0 Å². The van der Waals surface area contributed by atoms with E-state index >= 15 is 0 Å². The molecule has 7 heteroatoms. The maximum Gasteiger partial charge on any atom is 0.341 e. The number of anilines is 1. The molecular formula is C18H20N2O5. The maximum absolute atomic E-state index is 12.4. The Hall–Kier alpha value is -3.09. The second-order valence-corrected chi connectivity index (χ2v) is 5.62. The molecule has 0 bridgehead atoms. The van der Waals surface area contributed by atoms with Crippen LogP contribution in [0.1, 0.15) is 28.4 Å². The van der Waals surface area contributed by atoms with Crippen LogP contribution in [0, 0.1) is 13.8 Å². The smallest absolute Gasteiger partial charge is 0.341 e. The van der Waals surface area contributed by atoms with E-state index in [9.17, 15) is 14.4 Å². The predicted molar refractivity (Wildman–Crippen MR) is 93.4 cm³/mol. The maximum atomic E-state index is 12.4. The van der Waals surface area contributed by atoms with E-state index in [1.165, 1.54) is 10.6 Å². The van der Waals surface area contributed by atoms with Gasteiger partial charge in [0.05, 0.1) is 5.69 Å². The predicted octanol–water partition coefficient (Wildman–Crippen LogP) is 2.20. The highest BCUT2D eigenvalue weighted by Crippen LogP contribution is 2.25. The number of amides is 1. The second kappa shape index (κ2) is 7.65. The third-order valence-corrected chi connectivity index (χ3v) is 3.64. The van der Waals surface area contributed by atoms with E-state index < -0.39 is 12.6 Å². The second-order valence-electron chi connectivity index (χ2n) is 5.62. The molecule has 0 aliphatic heterocycles. The molecule has 1 aromatic carbocycles. The van der Waals surface area contributed by atoms with Crippen molar-refractivity contribution in [3.8, 4) is 5.75 Å². The van der Waals surface area contributed by atoms with Crippen molar-refractivity contribution in [1.82, 2.24) is 4.57 Å². The molecule has 2 rings (SSSR count). The Kier molecular flexibility index (Phi) is 5.59. The first-order valence-electron chi connectivity index (χ1n) is 7.79. The lowest BCUT2D eigenvalue weighted by Gasteiger charge is -2.13. The number of aromatic nitrogens is 1. The number of hydrogen-bond donors (Lipinski definition) is 2. The van der Waals surface area contributed by atoms with Gasteiger partial charge in [-0.2, -0.15) is 0 Å². The van der Waals surface area contributed by atoms with Crippen molar-refractivity contribution in [1.29, 1.82) is 0 Å². The summed E-state index contributed by atoms with van der Waals surface area (Å²) in [5.41, 5.74) is 2.15. The van der Waals surface area contributed by atoms with Crippen molar-refractivity contribution >= 4 is 17.6 Å². The summed E-state index contributed by atoms with van der Waals surface area (Å²) in [4.78, 5) is 34.7. The Morgan fingerprint density at radius 1 is 1.20 bits per heavy atom. The van der Waals surface area contributed by atoms with E-state index in [1.807, 2.05) is 6.92 Å². The van der Waals surface area contributed by atoms with E-state index in [1.54, 1.807) is 38.2 Å². The van der Waals surface area contributed by atoms with Crippen LogP contribution in [0.2, 0.25) is 0 Å². The monoisotopic (exact) mass is 344 g/mol. The molecule has 132 valence electrons. The topological polar surface area (TPSA) is 97.6 Å². The molecule has 0 fully saturated rings. The van der Waals surface area contributed by atoms with Gasteiger partial charge >= 0.3 is 5.97 Å². The minimum absolute atomic E-state index is 0.132. The average molecular weight is 344 g/mol. The summed E-state index contributed by atoms with van der Waals surface area (Å²) in [5, 5.41) is 11.5. The first-order valence-corrected chi connectivity index (χ1v) is 7.79. The van der Waals surface area contributed by atoms with Crippen LogP contribution in [-0.4, -0.2) is 28.2 Å². The highest BCUT2D eigenvalue weighted by atomic mass is 16.5. The normalized spacial score (nSPS) is 10.4. The zero-order chi connectivity index (χ0) is 18.6. The molecule has 0 spiro atoms. The van der Waals surface area contributed by atoms with E-state index in [0.717, 1.165) is 0 Å². The fourth-order valence-electron chi connectivity index (χ4n) is 2.50. The number of nitrogens with zero attached hydrogens (tertiary/aromatic N) is 1. The number of carboxylic acids is 1. The lowest BCUT2D eigenvalue weighted by Crippen LogP contribution is -2.20. The number of pyridine rings is 1. The summed E-state index contributed by atoms with van der Waals surface area (Å²) in [7, 11) is 0. The Bertz CT molecular complexity index is 847. The molecule has 7 nitrogen and oxygen atoms in total. The number of carbonyl (C=O) groups excluding carboxylic acids is 1. The van der Waals surface area contributed by atoms with Crippen LogP contribution in [-0.2, 0) is 11.3 Å². The zero-order valence-electron chi connectivity index (χ0n) is 14.3. The van der Waals surface area contributed by atoms with Crippen LogP contribution in [0.3, 0.4) is 0 Å². The van der Waals surface area contributed by atoms with Gasteiger partial charge in [0, 0.05) is 24.4 Å². The molecule has 0 aliphatic rings. The Morgan fingerprint density at radius 2 is 1.84 bits per heavy atom. The number of carbonyl (C=O) groups is 2. The molecule has 1 amide bonds. The molecule has 2 aromatic rings. The van der Waals surface area contributed by atoms with Gasteiger partial charge in [0.1, 0.15) is 5.75 Å². The van der Waals surface area contributed by atoms with Crippen LogP contribution in [0.4, 0.5) is 5.69 Å². The number of aryl methyl sites for hydroxylation is 3. The van der Waals surface area contributed by atoms with Gasteiger partial charge < -0.3 is 19.7 Å². The third kappa shape index (κ3) is 4.47. The third-order valence-electron chi connectivity index (χ3n) is 3.64. The van der Waals surface area contributed by atoms with E-state index in [-0.39, 0.29) is 11.5 Å². The van der Waals surface area contributed by atoms with E-state index in [2.05, 4.69) is 5.32 Å². The van der Waals surface area contributed by atoms with Gasteiger partial charge in [0.2, 0.25) is 0 Å². The first-order chi connectivity index (χ1) is 11.8. The molecule has 1 heterocycles. The van der Waals surface area contributed by atoms with Crippen LogP contribution >= 0.6 is 0 Å². The number of rotatable bonds is 6. The Labute approximate surface area is 144 Å². The minimum Gasteiger partial charge on any atom is -0.481 e. The molecule has 0 radical (unpaired) electrons. The van der Waals surface area contributed by atoms with Crippen LogP contribution in [0.25, 0.3) is 0 Å². The fourth-order valence-corrected chi connectivity index (χ4v) is 2.50. The Balaban J connectivity index is 2.22. The molecule has 0 unspecified atom stereocenters. The zero-order valence-corrected chi connectivity index (χ0v) is 14.3. The minimum atomic E-state index is -1.06. The summed E-state index contributed by atoms with van der Waals surface area (Å²) in [6.45, 7) is 5.41. The molecule has 0 saturated heterocycles. The quantitative estimate of drug-likeness (QED) is 0.837. The van der Waals surface area contributed by atoms with Gasteiger partial charge in [0.15, 0.2) is 6.61 Å². The van der Waals surface area contributed by atoms with Crippen molar-refractivity contribution in [2.75, 3.05) is 11.9 Å². The van der Waals surface area contributed by atoms with Gasteiger partial charge in [-0.3, -0.25) is 9.59 Å². The van der Waals surface area contributed by atoms with E-state index in [4.69, 9.17) is 9.84 Å².